The Morgan fingerprint density at radius 1 is 1.08 bits per heavy atom. The number of hydrogen-bond acceptors (Lipinski definition) is 4. The number of carboxylic acids is 1. The Hall–Kier alpha value is -3.38. The van der Waals surface area contributed by atoms with E-state index in [2.05, 4.69) is 19.9 Å². The molecule has 1 saturated carbocycles. The van der Waals surface area contributed by atoms with E-state index >= 15 is 4.39 Å². The molecule has 2 aliphatic rings. The van der Waals surface area contributed by atoms with Crippen LogP contribution in [0.2, 0.25) is 0 Å². The van der Waals surface area contributed by atoms with Crippen molar-refractivity contribution >= 4 is 5.97 Å². The largest absolute Gasteiger partial charge is 0.497 e. The molecule has 6 heteroatoms. The highest BCUT2D eigenvalue weighted by Crippen LogP contribution is 2.47. The zero-order chi connectivity index (χ0) is 27.6. The maximum Gasteiger partial charge on any atom is 0.303 e. The molecule has 3 aromatic carbocycles. The monoisotopic (exact) mass is 532 g/mol. The van der Waals surface area contributed by atoms with E-state index in [-0.39, 0.29) is 29.7 Å². The number of carbonyl (C=O) groups is 1. The summed E-state index contributed by atoms with van der Waals surface area (Å²) in [5, 5.41) is 9.39. The van der Waals surface area contributed by atoms with Gasteiger partial charge in [0, 0.05) is 12.2 Å². The van der Waals surface area contributed by atoms with Crippen LogP contribution < -0.4 is 9.47 Å². The van der Waals surface area contributed by atoms with Crippen molar-refractivity contribution in [2.45, 2.75) is 64.6 Å². The molecular formula is C33H37FO5. The summed E-state index contributed by atoms with van der Waals surface area (Å²) in [6.45, 7) is 5.40. The van der Waals surface area contributed by atoms with Crippen molar-refractivity contribution in [3.8, 4) is 22.6 Å². The maximum atomic E-state index is 15.1. The summed E-state index contributed by atoms with van der Waals surface area (Å²) in [6, 6.07) is 18.6. The van der Waals surface area contributed by atoms with Crippen LogP contribution in [0.4, 0.5) is 4.39 Å². The van der Waals surface area contributed by atoms with Crippen LogP contribution in [0.25, 0.3) is 11.1 Å². The molecule has 1 aliphatic carbocycles. The highest BCUT2D eigenvalue weighted by atomic mass is 19.1. The van der Waals surface area contributed by atoms with E-state index < -0.39 is 5.97 Å². The Morgan fingerprint density at radius 3 is 2.62 bits per heavy atom. The molecule has 5 rings (SSSR count). The first kappa shape index (κ1) is 27.2. The summed E-state index contributed by atoms with van der Waals surface area (Å²) in [4.78, 5) is 11.4. The number of methoxy groups -OCH3 is 1. The predicted octanol–water partition coefficient (Wildman–Crippen LogP) is 7.93. The van der Waals surface area contributed by atoms with Crippen molar-refractivity contribution in [1.82, 2.24) is 0 Å². The number of rotatable bonds is 10. The van der Waals surface area contributed by atoms with Crippen LogP contribution in [-0.4, -0.2) is 24.8 Å². The number of ether oxygens (including phenoxy) is 3. The summed E-state index contributed by atoms with van der Waals surface area (Å²) in [5.41, 5.74) is 4.07. The van der Waals surface area contributed by atoms with E-state index in [9.17, 15) is 9.90 Å². The maximum absolute atomic E-state index is 15.1. The van der Waals surface area contributed by atoms with Crippen LogP contribution in [0.5, 0.6) is 11.5 Å². The lowest BCUT2D eigenvalue weighted by atomic mass is 9.75. The highest BCUT2D eigenvalue weighted by molar-refractivity contribution is 5.71. The summed E-state index contributed by atoms with van der Waals surface area (Å²) < 4.78 is 33.0. The lowest BCUT2D eigenvalue weighted by molar-refractivity contribution is -0.137. The van der Waals surface area contributed by atoms with Crippen LogP contribution in [-0.2, 0) is 16.1 Å². The second kappa shape index (κ2) is 11.4. The number of hydrogen-bond donors (Lipinski definition) is 1. The molecule has 0 radical (unpaired) electrons. The van der Waals surface area contributed by atoms with Crippen molar-refractivity contribution < 1.29 is 28.5 Å². The van der Waals surface area contributed by atoms with Crippen LogP contribution in [0.3, 0.4) is 0 Å². The van der Waals surface area contributed by atoms with Crippen molar-refractivity contribution in [2.24, 2.45) is 11.3 Å². The van der Waals surface area contributed by atoms with Crippen molar-refractivity contribution in [2.75, 3.05) is 13.7 Å². The smallest absolute Gasteiger partial charge is 0.303 e. The van der Waals surface area contributed by atoms with Gasteiger partial charge in [0.2, 0.25) is 0 Å². The zero-order valence-electron chi connectivity index (χ0n) is 22.9. The SMILES string of the molecule is COc1ccc(F)c(-c2ccc(COc3cccc([C@@H](CC(=O)O)C4CC4)c3)cc2[C@@H]2OCCCC2(C)C)c1. The summed E-state index contributed by atoms with van der Waals surface area (Å²) in [5.74, 6) is 0.676. The molecule has 39 heavy (non-hydrogen) atoms. The summed E-state index contributed by atoms with van der Waals surface area (Å²) in [7, 11) is 1.58. The van der Waals surface area contributed by atoms with Crippen molar-refractivity contribution in [1.29, 1.82) is 0 Å². The Kier molecular flexibility index (Phi) is 7.94. The lowest BCUT2D eigenvalue weighted by Crippen LogP contribution is -2.30. The molecule has 1 heterocycles. The second-order valence-electron chi connectivity index (χ2n) is 11.5. The van der Waals surface area contributed by atoms with Crippen LogP contribution >= 0.6 is 0 Å². The molecule has 0 unspecified atom stereocenters. The first-order valence-electron chi connectivity index (χ1n) is 13.8. The lowest BCUT2D eigenvalue weighted by Gasteiger charge is -2.39. The topological polar surface area (TPSA) is 65.0 Å². The molecule has 1 saturated heterocycles. The summed E-state index contributed by atoms with van der Waals surface area (Å²) >= 11 is 0. The van der Waals surface area contributed by atoms with Gasteiger partial charge in [-0.2, -0.15) is 0 Å². The fourth-order valence-electron chi connectivity index (χ4n) is 5.84. The molecule has 3 aromatic rings. The quantitative estimate of drug-likeness (QED) is 0.287. The minimum atomic E-state index is -0.772. The fraction of sp³-hybridized carbons (Fsp3) is 0.424. The number of carboxylic acid groups (broad SMARTS) is 1. The second-order valence-corrected chi connectivity index (χ2v) is 11.5. The minimum absolute atomic E-state index is 0.0142. The third-order valence-electron chi connectivity index (χ3n) is 8.10. The molecular weight excluding hydrogens is 495 g/mol. The van der Waals surface area contributed by atoms with Gasteiger partial charge in [0.25, 0.3) is 0 Å². The van der Waals surface area contributed by atoms with Gasteiger partial charge in [-0.15, -0.1) is 0 Å². The molecule has 2 atom stereocenters. The molecule has 1 aliphatic heterocycles. The molecule has 0 amide bonds. The van der Waals surface area contributed by atoms with Gasteiger partial charge in [0.05, 0.1) is 19.6 Å². The Labute approximate surface area is 229 Å². The molecule has 1 N–H and O–H groups in total. The molecule has 0 spiro atoms. The zero-order valence-corrected chi connectivity index (χ0v) is 22.9. The third kappa shape index (κ3) is 6.27. The standard InChI is InChI=1S/C33H37FO5/c1-33(2)14-5-15-38-32(33)29-16-21(8-12-26(29)28-18-24(37-3)11-13-30(28)34)20-39-25-7-4-6-23(17-25)27(19-31(35)36)22-9-10-22/h4,6-8,11-13,16-18,22,27,32H,5,9-10,14-15,19-20H2,1-3H3,(H,35,36)/t27-,32-/m0/s1. The van der Waals surface area contributed by atoms with Gasteiger partial charge >= 0.3 is 5.97 Å². The number of aliphatic carboxylic acids is 1. The minimum Gasteiger partial charge on any atom is -0.497 e. The van der Waals surface area contributed by atoms with Gasteiger partial charge in [-0.3, -0.25) is 4.79 Å². The van der Waals surface area contributed by atoms with E-state index in [1.54, 1.807) is 19.2 Å². The predicted molar refractivity (Wildman–Crippen MR) is 149 cm³/mol. The van der Waals surface area contributed by atoms with Gasteiger partial charge < -0.3 is 19.3 Å². The van der Waals surface area contributed by atoms with Gasteiger partial charge in [-0.1, -0.05) is 38.1 Å². The summed E-state index contributed by atoms with van der Waals surface area (Å²) in [6.07, 6.45) is 4.11. The van der Waals surface area contributed by atoms with Gasteiger partial charge in [0.15, 0.2) is 0 Å². The highest BCUT2D eigenvalue weighted by Gasteiger charge is 2.37. The number of halogens is 1. The van der Waals surface area contributed by atoms with E-state index in [1.807, 2.05) is 36.4 Å². The van der Waals surface area contributed by atoms with Crippen LogP contribution in [0.15, 0.2) is 60.7 Å². The van der Waals surface area contributed by atoms with E-state index in [0.717, 1.165) is 47.9 Å². The van der Waals surface area contributed by atoms with Crippen LogP contribution in [0, 0.1) is 17.2 Å². The Morgan fingerprint density at radius 2 is 1.90 bits per heavy atom. The van der Waals surface area contributed by atoms with Crippen LogP contribution in [0.1, 0.15) is 74.7 Å². The van der Waals surface area contributed by atoms with Gasteiger partial charge in [-0.25, -0.2) is 4.39 Å². The van der Waals surface area contributed by atoms with E-state index in [0.29, 0.717) is 36.2 Å². The van der Waals surface area contributed by atoms with Crippen molar-refractivity contribution in [3.63, 3.8) is 0 Å². The molecule has 0 aromatic heterocycles. The normalized spacial score (nSPS) is 19.3. The van der Waals surface area contributed by atoms with Gasteiger partial charge in [0.1, 0.15) is 23.9 Å². The van der Waals surface area contributed by atoms with Gasteiger partial charge in [-0.05, 0) is 102 Å². The third-order valence-corrected chi connectivity index (χ3v) is 8.10. The Balaban J connectivity index is 1.44. The molecule has 206 valence electrons. The molecule has 2 fully saturated rings. The number of benzene rings is 3. The fourth-order valence-corrected chi connectivity index (χ4v) is 5.84. The molecule has 0 bridgehead atoms. The molecule has 5 nitrogen and oxygen atoms in total. The first-order valence-corrected chi connectivity index (χ1v) is 13.8. The van der Waals surface area contributed by atoms with E-state index in [1.165, 1.54) is 6.07 Å². The first-order chi connectivity index (χ1) is 18.7. The van der Waals surface area contributed by atoms with E-state index in [4.69, 9.17) is 14.2 Å². The average Bonchev–Trinajstić information content (AvgIpc) is 3.76. The van der Waals surface area contributed by atoms with Crippen molar-refractivity contribution in [3.05, 3.63) is 83.2 Å². The average molecular weight is 533 g/mol. The Bertz CT molecular complexity index is 1330.